The number of aryl methyl sites for hydroxylation is 1. The molecular formula is C18H19FN2O3S. The number of hydrogen-bond acceptors (Lipinski definition) is 3. The molecule has 3 rings (SSSR count). The highest BCUT2D eigenvalue weighted by molar-refractivity contribution is 7.91. The summed E-state index contributed by atoms with van der Waals surface area (Å²) in [5.74, 6) is -0.553. The van der Waals surface area contributed by atoms with Crippen LogP contribution in [0.4, 0.5) is 15.8 Å². The van der Waals surface area contributed by atoms with E-state index < -0.39 is 15.8 Å². The molecule has 0 unspecified atom stereocenters. The number of anilines is 2. The molecule has 0 spiro atoms. The van der Waals surface area contributed by atoms with Crippen molar-refractivity contribution in [2.75, 3.05) is 16.2 Å². The van der Waals surface area contributed by atoms with Gasteiger partial charge in [-0.05, 0) is 54.8 Å². The molecule has 0 radical (unpaired) electrons. The van der Waals surface area contributed by atoms with Crippen LogP contribution >= 0.6 is 0 Å². The highest BCUT2D eigenvalue weighted by atomic mass is 32.2. The lowest BCUT2D eigenvalue weighted by Gasteiger charge is -2.19. The maximum absolute atomic E-state index is 12.9. The van der Waals surface area contributed by atoms with E-state index in [9.17, 15) is 17.6 Å². The topological polar surface area (TPSA) is 66.5 Å². The summed E-state index contributed by atoms with van der Waals surface area (Å²) in [6, 6.07) is 10.5. The molecule has 132 valence electrons. The zero-order valence-electron chi connectivity index (χ0n) is 13.8. The Bertz CT molecular complexity index is 895. The maximum atomic E-state index is 12.9. The number of rotatable bonds is 5. The second-order valence-corrected chi connectivity index (χ2v) is 7.86. The molecular weight excluding hydrogens is 343 g/mol. The molecule has 2 aromatic carbocycles. The number of amides is 1. The van der Waals surface area contributed by atoms with Gasteiger partial charge in [0.1, 0.15) is 5.82 Å². The van der Waals surface area contributed by atoms with Crippen LogP contribution in [-0.4, -0.2) is 20.9 Å². The lowest BCUT2D eigenvalue weighted by molar-refractivity contribution is -0.117. The number of nitrogens with one attached hydrogen (secondary N) is 1. The Balaban J connectivity index is 1.74. The van der Waals surface area contributed by atoms with Gasteiger partial charge >= 0.3 is 0 Å². The van der Waals surface area contributed by atoms with E-state index in [-0.39, 0.29) is 11.7 Å². The predicted octanol–water partition coefficient (Wildman–Crippen LogP) is 3.20. The van der Waals surface area contributed by atoms with E-state index in [0.29, 0.717) is 24.2 Å². The minimum atomic E-state index is -3.61. The molecule has 0 bridgehead atoms. The molecule has 0 atom stereocenters. The summed E-state index contributed by atoms with van der Waals surface area (Å²) < 4.78 is 40.0. The molecule has 1 N–H and O–H groups in total. The Morgan fingerprint density at radius 2 is 1.88 bits per heavy atom. The third kappa shape index (κ3) is 4.17. The monoisotopic (exact) mass is 362 g/mol. The molecule has 0 saturated carbocycles. The van der Waals surface area contributed by atoms with Gasteiger partial charge < -0.3 is 4.90 Å². The molecule has 2 aromatic rings. The number of halogens is 1. The summed E-state index contributed by atoms with van der Waals surface area (Å²) in [6.07, 6.45) is 1.38. The molecule has 1 heterocycles. The normalized spacial score (nSPS) is 14.8. The first-order valence-corrected chi connectivity index (χ1v) is 9.65. The third-order valence-corrected chi connectivity index (χ3v) is 5.36. The Kier molecular flexibility index (Phi) is 4.76. The van der Waals surface area contributed by atoms with Gasteiger partial charge in [0, 0.05) is 24.3 Å². The van der Waals surface area contributed by atoms with Crippen LogP contribution in [0.25, 0.3) is 0 Å². The Morgan fingerprint density at radius 3 is 2.48 bits per heavy atom. The van der Waals surface area contributed by atoms with Crippen molar-refractivity contribution in [2.24, 2.45) is 0 Å². The largest absolute Gasteiger partial charge is 0.312 e. The van der Waals surface area contributed by atoms with Gasteiger partial charge in [-0.3, -0.25) is 9.52 Å². The summed E-state index contributed by atoms with van der Waals surface area (Å²) in [5.41, 5.74) is 2.58. The standard InChI is InChI=1S/C18H19FN2O3S/c1-13-11-16(8-9-17(13)21-10-2-3-18(21)22)20-25(23,24)12-14-4-6-15(19)7-5-14/h4-9,11,20H,2-3,10,12H2,1H3. The highest BCUT2D eigenvalue weighted by Crippen LogP contribution is 2.28. The molecule has 25 heavy (non-hydrogen) atoms. The van der Waals surface area contributed by atoms with Crippen LogP contribution in [0, 0.1) is 12.7 Å². The average Bonchev–Trinajstić information content (AvgIpc) is 2.95. The van der Waals surface area contributed by atoms with E-state index in [2.05, 4.69) is 4.72 Å². The minimum absolute atomic E-state index is 0.0905. The molecule has 0 aromatic heterocycles. The van der Waals surface area contributed by atoms with Crippen LogP contribution in [0.3, 0.4) is 0 Å². The van der Waals surface area contributed by atoms with Crippen molar-refractivity contribution >= 4 is 27.3 Å². The van der Waals surface area contributed by atoms with Crippen molar-refractivity contribution in [1.29, 1.82) is 0 Å². The number of carbonyl (C=O) groups is 1. The maximum Gasteiger partial charge on any atom is 0.236 e. The van der Waals surface area contributed by atoms with E-state index in [1.807, 2.05) is 6.92 Å². The second kappa shape index (κ2) is 6.84. The first-order chi connectivity index (χ1) is 11.8. The van der Waals surface area contributed by atoms with Crippen molar-refractivity contribution in [3.63, 3.8) is 0 Å². The highest BCUT2D eigenvalue weighted by Gasteiger charge is 2.23. The van der Waals surface area contributed by atoms with Gasteiger partial charge in [-0.1, -0.05) is 12.1 Å². The molecule has 0 aliphatic carbocycles. The summed E-state index contributed by atoms with van der Waals surface area (Å²) in [7, 11) is -3.61. The quantitative estimate of drug-likeness (QED) is 0.888. The first kappa shape index (κ1) is 17.4. The van der Waals surface area contributed by atoms with E-state index in [1.54, 1.807) is 23.1 Å². The molecule has 1 amide bonds. The fraction of sp³-hybridized carbons (Fsp3) is 0.278. The zero-order valence-corrected chi connectivity index (χ0v) is 14.6. The van der Waals surface area contributed by atoms with Crippen LogP contribution in [0.15, 0.2) is 42.5 Å². The molecule has 5 nitrogen and oxygen atoms in total. The van der Waals surface area contributed by atoms with Crippen LogP contribution in [-0.2, 0) is 20.6 Å². The van der Waals surface area contributed by atoms with E-state index >= 15 is 0 Å². The van der Waals surface area contributed by atoms with Gasteiger partial charge in [-0.15, -0.1) is 0 Å². The van der Waals surface area contributed by atoms with Gasteiger partial charge in [0.25, 0.3) is 0 Å². The van der Waals surface area contributed by atoms with E-state index in [0.717, 1.165) is 17.7 Å². The van der Waals surface area contributed by atoms with Crippen LogP contribution in [0.5, 0.6) is 0 Å². The van der Waals surface area contributed by atoms with Crippen molar-refractivity contribution in [1.82, 2.24) is 0 Å². The molecule has 1 saturated heterocycles. The number of benzene rings is 2. The molecule has 1 fully saturated rings. The van der Waals surface area contributed by atoms with Crippen molar-refractivity contribution in [3.05, 3.63) is 59.4 Å². The van der Waals surface area contributed by atoms with Crippen LogP contribution in [0.2, 0.25) is 0 Å². The van der Waals surface area contributed by atoms with Crippen molar-refractivity contribution < 1.29 is 17.6 Å². The van der Waals surface area contributed by atoms with Gasteiger partial charge in [0.2, 0.25) is 15.9 Å². The lowest BCUT2D eigenvalue weighted by atomic mass is 10.1. The Morgan fingerprint density at radius 1 is 1.16 bits per heavy atom. The number of hydrogen-bond donors (Lipinski definition) is 1. The number of sulfonamides is 1. The molecule has 1 aliphatic heterocycles. The van der Waals surface area contributed by atoms with Crippen molar-refractivity contribution in [3.8, 4) is 0 Å². The first-order valence-electron chi connectivity index (χ1n) is 8.00. The minimum Gasteiger partial charge on any atom is -0.312 e. The van der Waals surface area contributed by atoms with Gasteiger partial charge in [-0.2, -0.15) is 0 Å². The van der Waals surface area contributed by atoms with Gasteiger partial charge in [0.15, 0.2) is 0 Å². The fourth-order valence-electron chi connectivity index (χ4n) is 2.94. The second-order valence-electron chi connectivity index (χ2n) is 6.14. The lowest BCUT2D eigenvalue weighted by Crippen LogP contribution is -2.24. The summed E-state index contributed by atoms with van der Waals surface area (Å²) in [6.45, 7) is 2.54. The molecule has 7 heteroatoms. The van der Waals surface area contributed by atoms with Crippen LogP contribution in [0.1, 0.15) is 24.0 Å². The number of carbonyl (C=O) groups excluding carboxylic acids is 1. The summed E-state index contributed by atoms with van der Waals surface area (Å²) >= 11 is 0. The van der Waals surface area contributed by atoms with Crippen molar-refractivity contribution in [2.45, 2.75) is 25.5 Å². The third-order valence-electron chi connectivity index (χ3n) is 4.10. The average molecular weight is 362 g/mol. The predicted molar refractivity (Wildman–Crippen MR) is 95.4 cm³/mol. The zero-order chi connectivity index (χ0) is 18.0. The van der Waals surface area contributed by atoms with Gasteiger partial charge in [0.05, 0.1) is 5.75 Å². The SMILES string of the molecule is Cc1cc(NS(=O)(=O)Cc2ccc(F)cc2)ccc1N1CCCC1=O. The Labute approximate surface area is 146 Å². The van der Waals surface area contributed by atoms with E-state index in [1.165, 1.54) is 24.3 Å². The Hall–Kier alpha value is -2.41. The number of nitrogens with zero attached hydrogens (tertiary/aromatic N) is 1. The van der Waals surface area contributed by atoms with Crippen LogP contribution < -0.4 is 9.62 Å². The molecule has 1 aliphatic rings. The van der Waals surface area contributed by atoms with E-state index in [4.69, 9.17) is 0 Å². The fourth-order valence-corrected chi connectivity index (χ4v) is 4.13. The summed E-state index contributed by atoms with van der Waals surface area (Å²) in [5, 5.41) is 0. The van der Waals surface area contributed by atoms with Gasteiger partial charge in [-0.25, -0.2) is 12.8 Å². The smallest absolute Gasteiger partial charge is 0.236 e. The summed E-state index contributed by atoms with van der Waals surface area (Å²) in [4.78, 5) is 13.6.